The SMILES string of the molecule is CNc1nn(C(c2ccccc2)(c2ccccc2)c2ccccc2)c2ccc(-c3cc(C(F)(F)F)ccc3Cl)cc12. The number of benzene rings is 5. The summed E-state index contributed by atoms with van der Waals surface area (Å²) in [6.07, 6.45) is -4.48. The second-order valence-electron chi connectivity index (χ2n) is 9.74. The van der Waals surface area contributed by atoms with Gasteiger partial charge in [-0.15, -0.1) is 0 Å². The van der Waals surface area contributed by atoms with Crippen LogP contribution >= 0.6 is 11.6 Å². The van der Waals surface area contributed by atoms with E-state index in [0.717, 1.165) is 39.7 Å². The Kier molecular flexibility index (Phi) is 6.80. The number of fused-ring (bicyclic) bond motifs is 1. The summed E-state index contributed by atoms with van der Waals surface area (Å²) in [6.45, 7) is 0. The summed E-state index contributed by atoms with van der Waals surface area (Å²) in [5.41, 5.74) is 3.09. The van der Waals surface area contributed by atoms with E-state index >= 15 is 0 Å². The average Bonchev–Trinajstić information content (AvgIpc) is 3.37. The molecule has 0 unspecified atom stereocenters. The van der Waals surface area contributed by atoms with E-state index in [2.05, 4.69) is 41.7 Å². The van der Waals surface area contributed by atoms with Crippen LogP contribution in [0.25, 0.3) is 22.0 Å². The van der Waals surface area contributed by atoms with E-state index in [1.807, 2.05) is 71.4 Å². The molecule has 6 rings (SSSR count). The number of nitrogens with one attached hydrogen (secondary N) is 1. The molecule has 0 saturated carbocycles. The Morgan fingerprint density at radius 2 is 1.20 bits per heavy atom. The lowest BCUT2D eigenvalue weighted by Gasteiger charge is -2.37. The van der Waals surface area contributed by atoms with Crippen LogP contribution < -0.4 is 5.32 Å². The molecule has 6 aromatic rings. The van der Waals surface area contributed by atoms with Gasteiger partial charge in [0.1, 0.15) is 5.54 Å². The first kappa shape index (κ1) is 26.7. The van der Waals surface area contributed by atoms with Gasteiger partial charge in [0.25, 0.3) is 0 Å². The van der Waals surface area contributed by atoms with E-state index in [1.165, 1.54) is 6.07 Å². The van der Waals surface area contributed by atoms with Crippen molar-refractivity contribution in [1.82, 2.24) is 9.78 Å². The molecule has 7 heteroatoms. The molecule has 1 N–H and O–H groups in total. The van der Waals surface area contributed by atoms with Crippen LogP contribution in [-0.2, 0) is 11.7 Å². The first-order chi connectivity index (χ1) is 19.8. The molecule has 0 spiro atoms. The predicted molar refractivity (Wildman–Crippen MR) is 159 cm³/mol. The molecule has 5 aromatic carbocycles. The fraction of sp³-hybridized carbons (Fsp3) is 0.0882. The highest BCUT2D eigenvalue weighted by Crippen LogP contribution is 2.44. The van der Waals surface area contributed by atoms with Crippen molar-refractivity contribution in [3.63, 3.8) is 0 Å². The van der Waals surface area contributed by atoms with Gasteiger partial charge in [0.05, 0.1) is 11.1 Å². The molecule has 0 amide bonds. The smallest absolute Gasteiger partial charge is 0.371 e. The summed E-state index contributed by atoms with van der Waals surface area (Å²) in [5.74, 6) is 0.595. The Balaban J connectivity index is 1.67. The molecule has 3 nitrogen and oxygen atoms in total. The summed E-state index contributed by atoms with van der Waals surface area (Å²) in [6, 6.07) is 39.4. The highest BCUT2D eigenvalue weighted by atomic mass is 35.5. The van der Waals surface area contributed by atoms with Crippen molar-refractivity contribution in [3.8, 4) is 11.1 Å². The molecule has 0 bridgehead atoms. The molecule has 204 valence electrons. The quantitative estimate of drug-likeness (QED) is 0.203. The number of halogens is 4. The predicted octanol–water partition coefficient (Wildman–Crippen LogP) is 9.26. The normalized spacial score (nSPS) is 12.0. The Morgan fingerprint density at radius 1 is 0.659 bits per heavy atom. The first-order valence-corrected chi connectivity index (χ1v) is 13.5. The topological polar surface area (TPSA) is 29.9 Å². The summed E-state index contributed by atoms with van der Waals surface area (Å²) in [4.78, 5) is 0. The maximum absolute atomic E-state index is 13.5. The number of aromatic nitrogens is 2. The molecule has 0 radical (unpaired) electrons. The number of anilines is 1. The van der Waals surface area contributed by atoms with Gasteiger partial charge in [0.15, 0.2) is 5.82 Å². The van der Waals surface area contributed by atoms with E-state index in [-0.39, 0.29) is 5.02 Å². The fourth-order valence-corrected chi connectivity index (χ4v) is 5.78. The minimum absolute atomic E-state index is 0.239. The molecular weight excluding hydrogens is 543 g/mol. The highest BCUT2D eigenvalue weighted by Gasteiger charge is 2.41. The van der Waals surface area contributed by atoms with E-state index in [9.17, 15) is 13.2 Å². The third-order valence-corrected chi connectivity index (χ3v) is 7.74. The van der Waals surface area contributed by atoms with Gasteiger partial charge in [-0.25, -0.2) is 4.68 Å². The van der Waals surface area contributed by atoms with Crippen LogP contribution in [0.5, 0.6) is 0 Å². The number of nitrogens with zero attached hydrogens (tertiary/aromatic N) is 2. The first-order valence-electron chi connectivity index (χ1n) is 13.1. The van der Waals surface area contributed by atoms with Gasteiger partial charge in [0, 0.05) is 23.0 Å². The molecular formula is C34H25ClF3N3. The lowest BCUT2D eigenvalue weighted by atomic mass is 9.77. The zero-order valence-corrected chi connectivity index (χ0v) is 22.8. The van der Waals surface area contributed by atoms with E-state index < -0.39 is 17.3 Å². The molecule has 0 aliphatic rings. The van der Waals surface area contributed by atoms with Crippen LogP contribution in [0, 0.1) is 0 Å². The van der Waals surface area contributed by atoms with Gasteiger partial charge in [-0.3, -0.25) is 0 Å². The molecule has 0 atom stereocenters. The Hall–Kier alpha value is -4.55. The van der Waals surface area contributed by atoms with Crippen molar-refractivity contribution >= 4 is 28.3 Å². The number of alkyl halides is 3. The highest BCUT2D eigenvalue weighted by molar-refractivity contribution is 6.33. The van der Waals surface area contributed by atoms with Crippen molar-refractivity contribution in [2.24, 2.45) is 0 Å². The second kappa shape index (κ2) is 10.5. The average molecular weight is 568 g/mol. The summed E-state index contributed by atoms with van der Waals surface area (Å²) < 4.78 is 42.6. The van der Waals surface area contributed by atoms with Gasteiger partial charge >= 0.3 is 6.18 Å². The van der Waals surface area contributed by atoms with Crippen LogP contribution in [0.1, 0.15) is 22.3 Å². The molecule has 41 heavy (non-hydrogen) atoms. The zero-order chi connectivity index (χ0) is 28.6. The second-order valence-corrected chi connectivity index (χ2v) is 10.2. The van der Waals surface area contributed by atoms with Crippen LogP contribution in [-0.4, -0.2) is 16.8 Å². The largest absolute Gasteiger partial charge is 0.416 e. The maximum Gasteiger partial charge on any atom is 0.416 e. The van der Waals surface area contributed by atoms with Crippen LogP contribution in [0.2, 0.25) is 5.02 Å². The van der Waals surface area contributed by atoms with Gasteiger partial charge in [-0.05, 0) is 52.6 Å². The van der Waals surface area contributed by atoms with Crippen molar-refractivity contribution < 1.29 is 13.2 Å². The summed E-state index contributed by atoms with van der Waals surface area (Å²) >= 11 is 6.42. The lowest BCUT2D eigenvalue weighted by Crippen LogP contribution is -2.38. The van der Waals surface area contributed by atoms with Crippen LogP contribution in [0.15, 0.2) is 127 Å². The van der Waals surface area contributed by atoms with Gasteiger partial charge in [0.2, 0.25) is 0 Å². The summed E-state index contributed by atoms with van der Waals surface area (Å²) in [7, 11) is 1.78. The number of hydrogen-bond acceptors (Lipinski definition) is 2. The van der Waals surface area contributed by atoms with Gasteiger partial charge in [-0.2, -0.15) is 18.3 Å². The third-order valence-electron chi connectivity index (χ3n) is 7.41. The zero-order valence-electron chi connectivity index (χ0n) is 22.0. The fourth-order valence-electron chi connectivity index (χ4n) is 5.55. The van der Waals surface area contributed by atoms with Crippen molar-refractivity contribution in [2.75, 3.05) is 12.4 Å². The van der Waals surface area contributed by atoms with Crippen molar-refractivity contribution in [1.29, 1.82) is 0 Å². The standard InChI is InChI=1S/C34H25ClF3N3/c1-39-32-29-21-23(28-22-27(34(36,37)38)18-19-30(28)35)17-20-31(29)41(40-32)33(24-11-5-2-6-12-24,25-13-7-3-8-14-25)26-15-9-4-10-16-26/h2-22H,1H3,(H,39,40). The van der Waals surface area contributed by atoms with Crippen LogP contribution in [0.4, 0.5) is 19.0 Å². The van der Waals surface area contributed by atoms with Gasteiger partial charge in [-0.1, -0.05) is 109 Å². The number of hydrogen-bond donors (Lipinski definition) is 1. The number of rotatable bonds is 6. The monoisotopic (exact) mass is 567 g/mol. The summed E-state index contributed by atoms with van der Waals surface area (Å²) in [5, 5.41) is 9.31. The van der Waals surface area contributed by atoms with Gasteiger partial charge < -0.3 is 5.32 Å². The van der Waals surface area contributed by atoms with E-state index in [4.69, 9.17) is 16.7 Å². The lowest BCUT2D eigenvalue weighted by molar-refractivity contribution is -0.137. The molecule has 0 fully saturated rings. The Labute approximate surface area is 240 Å². The van der Waals surface area contributed by atoms with Crippen molar-refractivity contribution in [2.45, 2.75) is 11.7 Å². The van der Waals surface area contributed by atoms with E-state index in [0.29, 0.717) is 16.9 Å². The maximum atomic E-state index is 13.5. The molecule has 0 aliphatic heterocycles. The minimum atomic E-state index is -4.48. The third kappa shape index (κ3) is 4.54. The van der Waals surface area contributed by atoms with E-state index in [1.54, 1.807) is 13.1 Å². The Morgan fingerprint density at radius 3 is 1.68 bits per heavy atom. The molecule has 1 heterocycles. The molecule has 0 aliphatic carbocycles. The van der Waals surface area contributed by atoms with Crippen molar-refractivity contribution in [3.05, 3.63) is 155 Å². The molecule has 1 aromatic heterocycles. The molecule has 0 saturated heterocycles. The van der Waals surface area contributed by atoms with Crippen LogP contribution in [0.3, 0.4) is 0 Å². The Bertz CT molecular complexity index is 1720. The minimum Gasteiger partial charge on any atom is -0.371 e.